The van der Waals surface area contributed by atoms with Crippen LogP contribution in [0, 0.1) is 0 Å². The Morgan fingerprint density at radius 2 is 1.50 bits per heavy atom. The molecule has 0 aliphatic heterocycles. The molecule has 0 bridgehead atoms. The average molecular weight is 244 g/mol. The summed E-state index contributed by atoms with van der Waals surface area (Å²) < 4.78 is 10.0. The first-order valence-electron chi connectivity index (χ1n) is 3.23. The van der Waals surface area contributed by atoms with E-state index in [1.165, 1.54) is 0 Å². The van der Waals surface area contributed by atoms with Gasteiger partial charge in [-0.25, -0.2) is 0 Å². The highest BCUT2D eigenvalue weighted by Crippen LogP contribution is 1.97. The van der Waals surface area contributed by atoms with Crippen molar-refractivity contribution >= 4 is 38.3 Å². The minimum atomic E-state index is -0.571. The van der Waals surface area contributed by atoms with Crippen molar-refractivity contribution in [3.05, 3.63) is 0 Å². The fourth-order valence-electron chi connectivity index (χ4n) is 0.500. The van der Waals surface area contributed by atoms with Crippen LogP contribution in [-0.2, 0) is 33.1 Å². The van der Waals surface area contributed by atoms with Gasteiger partial charge in [-0.2, -0.15) is 0 Å². The molecule has 7 heteroatoms. The monoisotopic (exact) mass is 244 g/mol. The Labute approximate surface area is 85.1 Å². The van der Waals surface area contributed by atoms with E-state index in [2.05, 4.69) is 23.6 Å². The van der Waals surface area contributed by atoms with E-state index in [4.69, 9.17) is 9.47 Å². The van der Waals surface area contributed by atoms with Gasteiger partial charge in [0.1, 0.15) is 6.10 Å². The number of hydrogen-bond acceptors (Lipinski definition) is 5. The van der Waals surface area contributed by atoms with Crippen LogP contribution in [0.15, 0.2) is 0 Å². The fraction of sp³-hybridized carbons (Fsp3) is 1.00. The van der Waals surface area contributed by atoms with Gasteiger partial charge >= 0.3 is 0 Å². The fourth-order valence-corrected chi connectivity index (χ4v) is 1.31. The Morgan fingerprint density at radius 1 is 1.08 bits per heavy atom. The van der Waals surface area contributed by atoms with Crippen molar-refractivity contribution in [1.82, 2.24) is 0 Å². The highest BCUT2D eigenvalue weighted by molar-refractivity contribution is 7.96. The van der Waals surface area contributed by atoms with Gasteiger partial charge in [0.05, 0.1) is 25.9 Å². The van der Waals surface area contributed by atoms with E-state index < -0.39 is 6.10 Å². The predicted octanol–water partition coefficient (Wildman–Crippen LogP) is 1.11. The lowest BCUT2D eigenvalue weighted by molar-refractivity contribution is 0.00234. The van der Waals surface area contributed by atoms with E-state index in [0.717, 1.165) is 14.7 Å². The number of rotatable bonds is 8. The largest absolute Gasteiger partial charge is 0.388 e. The van der Waals surface area contributed by atoms with Crippen molar-refractivity contribution in [3.63, 3.8) is 0 Å². The lowest BCUT2D eigenvalue weighted by atomic mass is 10.4. The zero-order valence-electron chi connectivity index (χ0n) is 6.38. The van der Waals surface area contributed by atoms with Gasteiger partial charge in [-0.15, -0.1) is 0 Å². The molecule has 0 amide bonds. The summed E-state index contributed by atoms with van der Waals surface area (Å²) in [5, 5.41) is 9.18. The van der Waals surface area contributed by atoms with E-state index >= 15 is 0 Å². The van der Waals surface area contributed by atoms with Crippen LogP contribution >= 0.6 is 14.7 Å². The molecule has 70 valence electrons. The Morgan fingerprint density at radius 3 is 1.83 bits per heavy atom. The second kappa shape index (κ2) is 10.0. The summed E-state index contributed by atoms with van der Waals surface area (Å²) in [5.74, 6) is 0. The SMILES string of the molecule is OC(COCP=S)COCP=S. The second-order valence-electron chi connectivity index (χ2n) is 1.91. The van der Waals surface area contributed by atoms with Gasteiger partial charge in [0.2, 0.25) is 0 Å². The molecule has 0 saturated carbocycles. The Bertz CT molecular complexity index is 122. The third kappa shape index (κ3) is 9.01. The summed E-state index contributed by atoms with van der Waals surface area (Å²) in [6.07, 6.45) is 0.385. The molecule has 0 fully saturated rings. The van der Waals surface area contributed by atoms with Gasteiger partial charge in [0.25, 0.3) is 0 Å². The van der Waals surface area contributed by atoms with Gasteiger partial charge in [-0.3, -0.25) is 0 Å². The molecule has 0 spiro atoms. The van der Waals surface area contributed by atoms with E-state index in [-0.39, 0.29) is 13.2 Å². The molecule has 0 radical (unpaired) electrons. The molecule has 0 aromatic rings. The lowest BCUT2D eigenvalue weighted by Gasteiger charge is -2.08. The van der Waals surface area contributed by atoms with Crippen molar-refractivity contribution in [2.75, 3.05) is 25.9 Å². The molecule has 0 aliphatic carbocycles. The summed E-state index contributed by atoms with van der Waals surface area (Å²) in [6.45, 7) is 0.552. The molecule has 3 nitrogen and oxygen atoms in total. The molecule has 1 N–H and O–H groups in total. The van der Waals surface area contributed by atoms with Gasteiger partial charge in [0, 0.05) is 14.7 Å². The van der Waals surface area contributed by atoms with Crippen LogP contribution in [0.25, 0.3) is 0 Å². The first-order chi connectivity index (χ1) is 5.81. The normalized spacial score (nSPS) is 13.8. The first-order valence-corrected chi connectivity index (χ1v) is 7.41. The van der Waals surface area contributed by atoms with Gasteiger partial charge in [-0.05, 0) is 0 Å². The molecule has 0 aromatic heterocycles. The average Bonchev–Trinajstić information content (AvgIpc) is 2.06. The van der Waals surface area contributed by atoms with Gasteiger partial charge in [-0.1, -0.05) is 23.6 Å². The minimum absolute atomic E-state index is 0.276. The standard InChI is InChI=1S/C5H10O3P2S2/c6-5(1-7-3-9-11)2-8-4-10-12/h5-6H,1-4H2. The first kappa shape index (κ1) is 12.9. The maximum atomic E-state index is 9.18. The number of ether oxygens (including phenoxy) is 2. The molecular weight excluding hydrogens is 234 g/mol. The molecule has 0 atom stereocenters. The molecule has 0 aliphatic rings. The van der Waals surface area contributed by atoms with E-state index in [1.807, 2.05) is 0 Å². The predicted molar refractivity (Wildman–Crippen MR) is 56.2 cm³/mol. The molecule has 12 heavy (non-hydrogen) atoms. The highest BCUT2D eigenvalue weighted by Gasteiger charge is 2.02. The quantitative estimate of drug-likeness (QED) is 0.511. The lowest BCUT2D eigenvalue weighted by Crippen LogP contribution is -2.21. The van der Waals surface area contributed by atoms with Crippen molar-refractivity contribution in [2.45, 2.75) is 6.10 Å². The maximum absolute atomic E-state index is 9.18. The molecule has 0 unspecified atom stereocenters. The van der Waals surface area contributed by atoms with Gasteiger partial charge < -0.3 is 14.6 Å². The second-order valence-corrected chi connectivity index (χ2v) is 4.49. The number of aliphatic hydroxyl groups is 1. The summed E-state index contributed by atoms with van der Waals surface area (Å²) in [7, 11) is 1.51. The smallest absolute Gasteiger partial charge is 0.101 e. The topological polar surface area (TPSA) is 38.7 Å². The van der Waals surface area contributed by atoms with Crippen LogP contribution in [0.3, 0.4) is 0 Å². The van der Waals surface area contributed by atoms with E-state index in [9.17, 15) is 5.11 Å². The molecular formula is C5H10O3P2S2. The van der Waals surface area contributed by atoms with E-state index in [0.29, 0.717) is 12.7 Å². The van der Waals surface area contributed by atoms with Crippen LogP contribution in [-0.4, -0.2) is 37.1 Å². The van der Waals surface area contributed by atoms with Crippen molar-refractivity contribution in [2.24, 2.45) is 0 Å². The maximum Gasteiger partial charge on any atom is 0.101 e. The molecule has 0 saturated heterocycles. The minimum Gasteiger partial charge on any atom is -0.388 e. The van der Waals surface area contributed by atoms with Crippen LogP contribution in [0.2, 0.25) is 0 Å². The Hall–Kier alpha value is 0.920. The molecule has 0 rings (SSSR count). The molecule has 0 heterocycles. The number of aliphatic hydroxyl groups excluding tert-OH is 1. The summed E-state index contributed by atoms with van der Waals surface area (Å²) in [6, 6.07) is 0. The van der Waals surface area contributed by atoms with Crippen LogP contribution in [0.5, 0.6) is 0 Å². The van der Waals surface area contributed by atoms with Crippen LogP contribution < -0.4 is 0 Å². The number of hydrogen-bond donors (Lipinski definition) is 1. The van der Waals surface area contributed by atoms with Crippen LogP contribution in [0.4, 0.5) is 0 Å². The summed E-state index contributed by atoms with van der Waals surface area (Å²) in [5.41, 5.74) is 0. The van der Waals surface area contributed by atoms with Crippen molar-refractivity contribution in [1.29, 1.82) is 0 Å². The van der Waals surface area contributed by atoms with Crippen molar-refractivity contribution < 1.29 is 14.6 Å². The zero-order chi connectivity index (χ0) is 9.23. The third-order valence-electron chi connectivity index (χ3n) is 0.908. The van der Waals surface area contributed by atoms with Crippen molar-refractivity contribution in [3.8, 4) is 0 Å². The van der Waals surface area contributed by atoms with E-state index in [1.54, 1.807) is 0 Å². The van der Waals surface area contributed by atoms with Crippen LogP contribution in [0.1, 0.15) is 0 Å². The Balaban J connectivity index is 3.14. The summed E-state index contributed by atoms with van der Waals surface area (Å²) >= 11 is 9.26. The summed E-state index contributed by atoms with van der Waals surface area (Å²) in [4.78, 5) is 0. The Kier molecular flexibility index (Phi) is 10.8. The highest BCUT2D eigenvalue weighted by atomic mass is 32.4. The van der Waals surface area contributed by atoms with Gasteiger partial charge in [0.15, 0.2) is 0 Å². The third-order valence-corrected chi connectivity index (χ3v) is 2.12. The zero-order valence-corrected chi connectivity index (χ0v) is 9.80. The molecule has 0 aromatic carbocycles.